The molecule has 16 heavy (non-hydrogen) atoms. The zero-order chi connectivity index (χ0) is 11.5. The van der Waals surface area contributed by atoms with Crippen molar-refractivity contribution in [3.05, 3.63) is 22.6 Å². The Balaban J connectivity index is 2.13. The van der Waals surface area contributed by atoms with Crippen LogP contribution in [0.3, 0.4) is 0 Å². The number of piperidine rings is 1. The van der Waals surface area contributed by atoms with Crippen molar-refractivity contribution >= 4 is 21.8 Å². The van der Waals surface area contributed by atoms with Crippen LogP contribution in [0.4, 0.5) is 0 Å². The lowest BCUT2D eigenvalue weighted by Crippen LogP contribution is -2.45. The van der Waals surface area contributed by atoms with E-state index in [1.165, 1.54) is 0 Å². The normalized spacial score (nSPS) is 21.1. The Labute approximate surface area is 102 Å². The summed E-state index contributed by atoms with van der Waals surface area (Å²) in [6.45, 7) is 0.718. The van der Waals surface area contributed by atoms with Crippen LogP contribution in [-0.4, -0.2) is 35.1 Å². The molecule has 0 radical (unpaired) electrons. The van der Waals surface area contributed by atoms with Crippen molar-refractivity contribution in [3.8, 4) is 0 Å². The van der Waals surface area contributed by atoms with Crippen molar-refractivity contribution in [2.24, 2.45) is 0 Å². The number of nitrogens with zero attached hydrogens (tertiary/aromatic N) is 1. The summed E-state index contributed by atoms with van der Waals surface area (Å²) >= 11 is 3.17. The zero-order valence-electron chi connectivity index (χ0n) is 8.86. The molecule has 0 spiro atoms. The van der Waals surface area contributed by atoms with E-state index in [0.717, 1.165) is 19.3 Å². The lowest BCUT2D eigenvalue weighted by atomic mass is 10.0. The summed E-state index contributed by atoms with van der Waals surface area (Å²) in [6.07, 6.45) is 2.92. The van der Waals surface area contributed by atoms with Gasteiger partial charge in [-0.05, 0) is 47.3 Å². The average Bonchev–Trinajstić information content (AvgIpc) is 2.75. The summed E-state index contributed by atoms with van der Waals surface area (Å²) in [5.74, 6) is 0.191. The van der Waals surface area contributed by atoms with E-state index in [1.54, 1.807) is 17.0 Å². The minimum atomic E-state index is -0.135. The number of rotatable bonds is 2. The number of carbonyl (C=O) groups is 1. The van der Waals surface area contributed by atoms with Gasteiger partial charge in [-0.15, -0.1) is 0 Å². The Morgan fingerprint density at radius 1 is 1.56 bits per heavy atom. The molecule has 1 fully saturated rings. The molecule has 0 aliphatic carbocycles. The molecule has 1 amide bonds. The third kappa shape index (κ3) is 2.30. The van der Waals surface area contributed by atoms with Crippen molar-refractivity contribution in [3.63, 3.8) is 0 Å². The van der Waals surface area contributed by atoms with Crippen LogP contribution in [0.2, 0.25) is 0 Å². The van der Waals surface area contributed by atoms with Crippen molar-refractivity contribution < 1.29 is 14.3 Å². The summed E-state index contributed by atoms with van der Waals surface area (Å²) in [6, 6.07) is 3.28. The number of likely N-dealkylation sites (tertiary alicyclic amines) is 1. The van der Waals surface area contributed by atoms with E-state index >= 15 is 0 Å². The fourth-order valence-electron chi connectivity index (χ4n) is 2.03. The number of halogens is 1. The van der Waals surface area contributed by atoms with E-state index in [-0.39, 0.29) is 18.6 Å². The van der Waals surface area contributed by atoms with Gasteiger partial charge in [0.05, 0.1) is 12.6 Å². The van der Waals surface area contributed by atoms with Crippen LogP contribution < -0.4 is 0 Å². The van der Waals surface area contributed by atoms with E-state index in [9.17, 15) is 9.90 Å². The largest absolute Gasteiger partial charge is 0.444 e. The molecule has 1 N–H and O–H groups in total. The Morgan fingerprint density at radius 3 is 3.00 bits per heavy atom. The number of carbonyl (C=O) groups excluding carboxylic acids is 1. The highest BCUT2D eigenvalue weighted by Gasteiger charge is 2.28. The van der Waals surface area contributed by atoms with Crippen LogP contribution in [0.1, 0.15) is 29.8 Å². The Bertz CT molecular complexity index is 377. The quantitative estimate of drug-likeness (QED) is 0.906. The van der Waals surface area contributed by atoms with Gasteiger partial charge in [-0.25, -0.2) is 0 Å². The van der Waals surface area contributed by atoms with E-state index in [2.05, 4.69) is 15.9 Å². The van der Waals surface area contributed by atoms with E-state index in [1.807, 2.05) is 0 Å². The molecule has 1 unspecified atom stereocenters. The number of amides is 1. The molecule has 1 aromatic rings. The van der Waals surface area contributed by atoms with Gasteiger partial charge >= 0.3 is 0 Å². The molecular weight excluding hydrogens is 274 g/mol. The Kier molecular flexibility index (Phi) is 3.66. The van der Waals surface area contributed by atoms with Gasteiger partial charge in [0.1, 0.15) is 0 Å². The van der Waals surface area contributed by atoms with Gasteiger partial charge in [-0.2, -0.15) is 0 Å². The fraction of sp³-hybridized carbons (Fsp3) is 0.545. The fourth-order valence-corrected chi connectivity index (χ4v) is 2.34. The molecule has 2 heterocycles. The third-order valence-corrected chi connectivity index (χ3v) is 3.31. The van der Waals surface area contributed by atoms with Crippen LogP contribution in [0.5, 0.6) is 0 Å². The molecule has 1 aliphatic heterocycles. The second kappa shape index (κ2) is 5.01. The molecular formula is C11H14BrNO3. The topological polar surface area (TPSA) is 53.7 Å². The molecule has 1 aliphatic rings. The molecule has 88 valence electrons. The molecule has 1 aromatic heterocycles. The van der Waals surface area contributed by atoms with Gasteiger partial charge in [0.25, 0.3) is 5.91 Å². The highest BCUT2D eigenvalue weighted by atomic mass is 79.9. The minimum Gasteiger partial charge on any atom is -0.444 e. The van der Waals surface area contributed by atoms with Gasteiger partial charge in [0.2, 0.25) is 0 Å². The number of hydrogen-bond donors (Lipinski definition) is 1. The van der Waals surface area contributed by atoms with Crippen LogP contribution in [0.15, 0.2) is 21.2 Å². The first-order chi connectivity index (χ1) is 7.72. The van der Waals surface area contributed by atoms with Crippen LogP contribution in [0, 0.1) is 0 Å². The first kappa shape index (κ1) is 11.7. The monoisotopic (exact) mass is 287 g/mol. The number of aliphatic hydroxyl groups excluding tert-OH is 1. The lowest BCUT2D eigenvalue weighted by Gasteiger charge is -2.33. The number of furan rings is 1. The molecule has 5 heteroatoms. The minimum absolute atomic E-state index is 0.0214. The highest BCUT2D eigenvalue weighted by Crippen LogP contribution is 2.21. The molecule has 1 saturated heterocycles. The second-order valence-corrected chi connectivity index (χ2v) is 4.72. The zero-order valence-corrected chi connectivity index (χ0v) is 10.4. The SMILES string of the molecule is O=C(c1ccc(Br)o1)N1CCCCC1CO. The smallest absolute Gasteiger partial charge is 0.289 e. The van der Waals surface area contributed by atoms with Gasteiger partial charge in [-0.3, -0.25) is 4.79 Å². The van der Waals surface area contributed by atoms with Gasteiger partial charge in [0, 0.05) is 6.54 Å². The number of aliphatic hydroxyl groups is 1. The molecule has 0 bridgehead atoms. The van der Waals surface area contributed by atoms with Crippen LogP contribution in [0.25, 0.3) is 0 Å². The maximum atomic E-state index is 12.1. The van der Waals surface area contributed by atoms with Gasteiger partial charge in [0.15, 0.2) is 10.4 Å². The summed E-state index contributed by atoms with van der Waals surface area (Å²) in [5, 5.41) is 9.23. The predicted octanol–water partition coefficient (Wildman–Crippen LogP) is 2.03. The number of hydrogen-bond acceptors (Lipinski definition) is 3. The first-order valence-corrected chi connectivity index (χ1v) is 6.19. The maximum absolute atomic E-state index is 12.1. The Hall–Kier alpha value is -0.810. The summed E-state index contributed by atoms with van der Waals surface area (Å²) in [5.41, 5.74) is 0. The maximum Gasteiger partial charge on any atom is 0.289 e. The van der Waals surface area contributed by atoms with Gasteiger partial charge in [-0.1, -0.05) is 0 Å². The van der Waals surface area contributed by atoms with Gasteiger partial charge < -0.3 is 14.4 Å². The Morgan fingerprint density at radius 2 is 2.38 bits per heavy atom. The average molecular weight is 288 g/mol. The van der Waals surface area contributed by atoms with E-state index < -0.39 is 0 Å². The standard InChI is InChI=1S/C11H14BrNO3/c12-10-5-4-9(16-10)11(15)13-6-2-1-3-8(13)7-14/h4-5,8,14H,1-3,6-7H2. The second-order valence-electron chi connectivity index (χ2n) is 3.93. The summed E-state index contributed by atoms with van der Waals surface area (Å²) in [4.78, 5) is 13.8. The molecule has 0 saturated carbocycles. The van der Waals surface area contributed by atoms with Crippen molar-refractivity contribution in [2.75, 3.05) is 13.2 Å². The first-order valence-electron chi connectivity index (χ1n) is 5.39. The predicted molar refractivity (Wildman–Crippen MR) is 62.2 cm³/mol. The lowest BCUT2D eigenvalue weighted by molar-refractivity contribution is 0.0472. The van der Waals surface area contributed by atoms with Crippen molar-refractivity contribution in [1.29, 1.82) is 0 Å². The molecule has 0 aromatic carbocycles. The van der Waals surface area contributed by atoms with Crippen molar-refractivity contribution in [2.45, 2.75) is 25.3 Å². The summed E-state index contributed by atoms with van der Waals surface area (Å²) in [7, 11) is 0. The molecule has 4 nitrogen and oxygen atoms in total. The van der Waals surface area contributed by atoms with Crippen molar-refractivity contribution in [1.82, 2.24) is 4.90 Å². The molecule has 1 atom stereocenters. The molecule has 2 rings (SSSR count). The highest BCUT2D eigenvalue weighted by molar-refractivity contribution is 9.10. The van der Waals surface area contributed by atoms with Crippen LogP contribution in [-0.2, 0) is 0 Å². The van der Waals surface area contributed by atoms with E-state index in [4.69, 9.17) is 4.42 Å². The summed E-state index contributed by atoms with van der Waals surface area (Å²) < 4.78 is 5.78. The van der Waals surface area contributed by atoms with Crippen LogP contribution >= 0.6 is 15.9 Å². The third-order valence-electron chi connectivity index (χ3n) is 2.88. The van der Waals surface area contributed by atoms with E-state index in [0.29, 0.717) is 17.0 Å².